The normalized spacial score (nSPS) is 17.7. The van der Waals surface area contributed by atoms with Crippen molar-refractivity contribution in [2.24, 2.45) is 0 Å². The van der Waals surface area contributed by atoms with Gasteiger partial charge in [-0.3, -0.25) is 14.6 Å². The number of hydrogen-bond donors (Lipinski definition) is 1. The number of anilines is 1. The molecule has 0 spiro atoms. The number of sulfone groups is 1. The van der Waals surface area contributed by atoms with Crippen molar-refractivity contribution in [3.63, 3.8) is 0 Å². The van der Waals surface area contributed by atoms with Crippen molar-refractivity contribution in [2.45, 2.75) is 36.5 Å². The van der Waals surface area contributed by atoms with Gasteiger partial charge in [0, 0.05) is 25.4 Å². The summed E-state index contributed by atoms with van der Waals surface area (Å²) in [4.78, 5) is 30.5. The van der Waals surface area contributed by atoms with E-state index in [1.54, 1.807) is 36.7 Å². The lowest BCUT2D eigenvalue weighted by Gasteiger charge is -2.22. The molecule has 7 nitrogen and oxygen atoms in total. The molecule has 0 unspecified atom stereocenters. The molecule has 0 saturated heterocycles. The number of carbonyl (C=O) groups excluding carboxylic acids is 2. The fourth-order valence-corrected chi connectivity index (χ4v) is 4.59. The van der Waals surface area contributed by atoms with E-state index < -0.39 is 20.5 Å². The van der Waals surface area contributed by atoms with Crippen LogP contribution in [0.25, 0.3) is 0 Å². The SMILES string of the molecule is CC1(C)CC(=O)N(CC(=O)NCc2cccnc2)c2ccccc2S1(=O)=O. The maximum absolute atomic E-state index is 12.9. The van der Waals surface area contributed by atoms with E-state index in [2.05, 4.69) is 10.3 Å². The number of amides is 2. The molecule has 1 aliphatic rings. The molecular weight excluding hydrogens is 366 g/mol. The van der Waals surface area contributed by atoms with Crippen LogP contribution < -0.4 is 10.2 Å². The summed E-state index contributed by atoms with van der Waals surface area (Å²) in [6, 6.07) is 9.90. The summed E-state index contributed by atoms with van der Waals surface area (Å²) >= 11 is 0. The Morgan fingerprint density at radius 2 is 1.96 bits per heavy atom. The smallest absolute Gasteiger partial charge is 0.240 e. The topological polar surface area (TPSA) is 96.4 Å². The molecular formula is C19H21N3O4S. The highest BCUT2D eigenvalue weighted by Gasteiger charge is 2.44. The quantitative estimate of drug-likeness (QED) is 0.861. The van der Waals surface area contributed by atoms with Gasteiger partial charge in [-0.05, 0) is 37.6 Å². The molecule has 0 atom stereocenters. The van der Waals surface area contributed by atoms with Gasteiger partial charge in [0.25, 0.3) is 0 Å². The predicted molar refractivity (Wildman–Crippen MR) is 101 cm³/mol. The molecule has 2 amide bonds. The molecule has 0 bridgehead atoms. The monoisotopic (exact) mass is 387 g/mol. The number of carbonyl (C=O) groups is 2. The van der Waals surface area contributed by atoms with Crippen molar-refractivity contribution in [2.75, 3.05) is 11.4 Å². The average Bonchev–Trinajstić information content (AvgIpc) is 2.69. The third-order valence-corrected chi connectivity index (χ3v) is 7.09. The van der Waals surface area contributed by atoms with Crippen LogP contribution in [0.3, 0.4) is 0 Å². The van der Waals surface area contributed by atoms with Crippen LogP contribution in [0, 0.1) is 0 Å². The first-order chi connectivity index (χ1) is 12.7. The highest BCUT2D eigenvalue weighted by atomic mass is 32.2. The average molecular weight is 387 g/mol. The minimum Gasteiger partial charge on any atom is -0.350 e. The van der Waals surface area contributed by atoms with Crippen molar-refractivity contribution < 1.29 is 18.0 Å². The van der Waals surface area contributed by atoms with E-state index >= 15 is 0 Å². The number of fused-ring (bicyclic) bond motifs is 1. The summed E-state index contributed by atoms with van der Waals surface area (Å²) in [5.74, 6) is -0.774. The van der Waals surface area contributed by atoms with Gasteiger partial charge >= 0.3 is 0 Å². The molecule has 8 heteroatoms. The highest BCUT2D eigenvalue weighted by Crippen LogP contribution is 2.38. The fraction of sp³-hybridized carbons (Fsp3) is 0.316. The largest absolute Gasteiger partial charge is 0.350 e. The summed E-state index contributed by atoms with van der Waals surface area (Å²) in [5.41, 5.74) is 1.07. The summed E-state index contributed by atoms with van der Waals surface area (Å²) in [5, 5.41) is 2.74. The second-order valence-electron chi connectivity index (χ2n) is 7.03. The molecule has 3 rings (SSSR count). The lowest BCUT2D eigenvalue weighted by molar-refractivity contribution is -0.124. The molecule has 0 aliphatic carbocycles. The summed E-state index contributed by atoms with van der Waals surface area (Å²) < 4.78 is 24.6. The van der Waals surface area contributed by atoms with Crippen molar-refractivity contribution in [3.05, 3.63) is 54.4 Å². The molecule has 27 heavy (non-hydrogen) atoms. The number of pyridine rings is 1. The second kappa shape index (κ2) is 7.11. The Morgan fingerprint density at radius 1 is 1.22 bits per heavy atom. The molecule has 1 N–H and O–H groups in total. The third-order valence-electron chi connectivity index (χ3n) is 4.57. The lowest BCUT2D eigenvalue weighted by Crippen LogP contribution is -2.42. The van der Waals surface area contributed by atoms with Crippen LogP contribution in [0.5, 0.6) is 0 Å². The molecule has 0 radical (unpaired) electrons. The van der Waals surface area contributed by atoms with Crippen molar-refractivity contribution in [3.8, 4) is 0 Å². The van der Waals surface area contributed by atoms with E-state index in [1.807, 2.05) is 6.07 Å². The Labute approximate surface area is 158 Å². The Balaban J connectivity index is 1.86. The van der Waals surface area contributed by atoms with Gasteiger partial charge in [-0.2, -0.15) is 0 Å². The first kappa shape index (κ1) is 19.0. The van der Waals surface area contributed by atoms with Crippen LogP contribution in [0.4, 0.5) is 5.69 Å². The molecule has 1 aliphatic heterocycles. The number of para-hydroxylation sites is 1. The van der Waals surface area contributed by atoms with E-state index in [0.717, 1.165) is 5.56 Å². The molecule has 2 aromatic rings. The van der Waals surface area contributed by atoms with Crippen molar-refractivity contribution in [1.29, 1.82) is 0 Å². The third kappa shape index (κ3) is 3.71. The predicted octanol–water partition coefficient (Wildman–Crippen LogP) is 1.69. The summed E-state index contributed by atoms with van der Waals surface area (Å²) in [6.07, 6.45) is 3.09. The van der Waals surface area contributed by atoms with Gasteiger partial charge in [-0.1, -0.05) is 18.2 Å². The van der Waals surface area contributed by atoms with E-state index in [1.165, 1.54) is 24.8 Å². The first-order valence-corrected chi connectivity index (χ1v) is 10.0. The number of nitrogens with one attached hydrogen (secondary N) is 1. The van der Waals surface area contributed by atoms with E-state index in [9.17, 15) is 18.0 Å². The van der Waals surface area contributed by atoms with E-state index in [-0.39, 0.29) is 36.0 Å². The van der Waals surface area contributed by atoms with Crippen molar-refractivity contribution in [1.82, 2.24) is 10.3 Å². The molecule has 1 aromatic heterocycles. The Kier molecular flexibility index (Phi) is 5.01. The Morgan fingerprint density at radius 3 is 2.67 bits per heavy atom. The fourth-order valence-electron chi connectivity index (χ4n) is 2.97. The Hall–Kier alpha value is -2.74. The zero-order chi connectivity index (χ0) is 19.7. The molecule has 0 fully saturated rings. The van der Waals surface area contributed by atoms with Crippen LogP contribution in [0.1, 0.15) is 25.8 Å². The van der Waals surface area contributed by atoms with Gasteiger partial charge in [0.1, 0.15) is 6.54 Å². The maximum Gasteiger partial charge on any atom is 0.240 e. The first-order valence-electron chi connectivity index (χ1n) is 8.52. The van der Waals surface area contributed by atoms with Crippen molar-refractivity contribution >= 4 is 27.3 Å². The van der Waals surface area contributed by atoms with Gasteiger partial charge in [0.05, 0.1) is 15.3 Å². The van der Waals surface area contributed by atoms with E-state index in [0.29, 0.717) is 0 Å². The van der Waals surface area contributed by atoms with Crippen LogP contribution in [0.2, 0.25) is 0 Å². The molecule has 142 valence electrons. The lowest BCUT2D eigenvalue weighted by atomic mass is 10.1. The van der Waals surface area contributed by atoms with Crippen LogP contribution >= 0.6 is 0 Å². The van der Waals surface area contributed by atoms with Gasteiger partial charge in [0.15, 0.2) is 9.84 Å². The summed E-state index contributed by atoms with van der Waals surface area (Å²) in [6.45, 7) is 3.09. The minimum absolute atomic E-state index is 0.0703. The van der Waals surface area contributed by atoms with Gasteiger partial charge in [0.2, 0.25) is 11.8 Å². The standard InChI is InChI=1S/C19H21N3O4S/c1-19(2)10-18(24)22(15-7-3-4-8-16(15)27(19,25)26)13-17(23)21-12-14-6-5-9-20-11-14/h3-9,11H,10,12-13H2,1-2H3,(H,21,23). The number of rotatable bonds is 4. The molecule has 0 saturated carbocycles. The van der Waals surface area contributed by atoms with Gasteiger partial charge in [-0.25, -0.2) is 8.42 Å². The van der Waals surface area contributed by atoms with Crippen LogP contribution in [-0.4, -0.2) is 36.5 Å². The maximum atomic E-state index is 12.9. The molecule has 2 heterocycles. The van der Waals surface area contributed by atoms with Gasteiger partial charge in [-0.15, -0.1) is 0 Å². The highest BCUT2D eigenvalue weighted by molar-refractivity contribution is 7.93. The molecule has 1 aromatic carbocycles. The zero-order valence-electron chi connectivity index (χ0n) is 15.2. The zero-order valence-corrected chi connectivity index (χ0v) is 16.0. The number of aromatic nitrogens is 1. The number of hydrogen-bond acceptors (Lipinski definition) is 5. The number of benzene rings is 1. The van der Waals surface area contributed by atoms with Crippen LogP contribution in [-0.2, 0) is 26.0 Å². The van der Waals surface area contributed by atoms with Gasteiger partial charge < -0.3 is 10.2 Å². The Bertz CT molecular complexity index is 971. The second-order valence-corrected chi connectivity index (χ2v) is 9.58. The van der Waals surface area contributed by atoms with Crippen LogP contribution in [0.15, 0.2) is 53.7 Å². The minimum atomic E-state index is -3.72. The van der Waals surface area contributed by atoms with E-state index in [4.69, 9.17) is 0 Å². The number of nitrogens with zero attached hydrogens (tertiary/aromatic N) is 2. The summed E-state index contributed by atoms with van der Waals surface area (Å²) in [7, 11) is -3.72.